The Bertz CT molecular complexity index is 1210. The normalized spacial score (nSPS) is 12.1. The smallest absolute Gasteiger partial charge is 0.325 e. The third kappa shape index (κ3) is 6.43. The van der Waals surface area contributed by atoms with Crippen LogP contribution >= 0.6 is 0 Å². The molecule has 9 heteroatoms. The fourth-order valence-electron chi connectivity index (χ4n) is 3.09. The van der Waals surface area contributed by atoms with Gasteiger partial charge in [0.15, 0.2) is 0 Å². The van der Waals surface area contributed by atoms with Gasteiger partial charge < -0.3 is 5.32 Å². The maximum atomic E-state index is 13.3. The molecule has 0 fully saturated rings. The summed E-state index contributed by atoms with van der Waals surface area (Å²) in [5.41, 5.74) is 1.88. The molecule has 0 radical (unpaired) electrons. The first kappa shape index (κ1) is 24.5. The van der Waals surface area contributed by atoms with E-state index < -0.39 is 34.2 Å². The average Bonchev–Trinajstić information content (AvgIpc) is 2.75. The van der Waals surface area contributed by atoms with Crippen LogP contribution in [0, 0.1) is 13.8 Å². The van der Waals surface area contributed by atoms with Crippen LogP contribution in [0.15, 0.2) is 77.7 Å². The fourth-order valence-corrected chi connectivity index (χ4v) is 4.47. The highest BCUT2D eigenvalue weighted by Gasteiger charge is 2.30. The zero-order valence-electron chi connectivity index (χ0n) is 18.1. The predicted octanol–water partition coefficient (Wildman–Crippen LogP) is 5.15. The molecule has 0 aliphatic carbocycles. The van der Waals surface area contributed by atoms with Gasteiger partial charge in [0.2, 0.25) is 15.9 Å². The molecule has 0 saturated heterocycles. The van der Waals surface area contributed by atoms with Crippen molar-refractivity contribution < 1.29 is 26.4 Å². The number of nitrogens with one attached hydrogen (secondary N) is 1. The van der Waals surface area contributed by atoms with Gasteiger partial charge in [0.05, 0.1) is 17.0 Å². The highest BCUT2D eigenvalue weighted by atomic mass is 32.2. The average molecular weight is 477 g/mol. The van der Waals surface area contributed by atoms with E-state index in [1.165, 1.54) is 12.1 Å². The van der Waals surface area contributed by atoms with Crippen LogP contribution in [0.4, 0.5) is 18.9 Å². The number of nitrogens with zero attached hydrogens (tertiary/aromatic N) is 1. The Labute approximate surface area is 190 Å². The molecule has 3 aromatic carbocycles. The summed E-state index contributed by atoms with van der Waals surface area (Å²) in [6, 6.07) is 17.5. The predicted molar refractivity (Wildman–Crippen MR) is 120 cm³/mol. The van der Waals surface area contributed by atoms with Crippen LogP contribution in [-0.4, -0.2) is 25.2 Å². The quantitative estimate of drug-likeness (QED) is 0.513. The van der Waals surface area contributed by atoms with Crippen LogP contribution in [0.25, 0.3) is 0 Å². The van der Waals surface area contributed by atoms with Gasteiger partial charge in [0.25, 0.3) is 0 Å². The first-order chi connectivity index (χ1) is 15.4. The second-order valence-corrected chi connectivity index (χ2v) is 9.63. The molecular weight excluding hydrogens is 453 g/mol. The molecule has 1 amide bonds. The lowest BCUT2D eigenvalue weighted by atomic mass is 10.1. The zero-order valence-corrected chi connectivity index (χ0v) is 18.9. The number of sulfonamides is 1. The minimum absolute atomic E-state index is 0.0440. The van der Waals surface area contributed by atoms with E-state index in [0.717, 1.165) is 39.7 Å². The Kier molecular flexibility index (Phi) is 7.24. The molecule has 0 unspecified atom stereocenters. The molecule has 0 aromatic heterocycles. The summed E-state index contributed by atoms with van der Waals surface area (Å²) < 4.78 is 65.8. The molecule has 0 aliphatic heterocycles. The molecule has 0 atom stereocenters. The Morgan fingerprint density at radius 2 is 1.36 bits per heavy atom. The summed E-state index contributed by atoms with van der Waals surface area (Å²) in [5.74, 6) is -0.669. The lowest BCUT2D eigenvalue weighted by molar-refractivity contribution is -0.137. The molecule has 0 spiro atoms. The second-order valence-electron chi connectivity index (χ2n) is 7.70. The van der Waals surface area contributed by atoms with Gasteiger partial charge in [-0.2, -0.15) is 17.5 Å². The van der Waals surface area contributed by atoms with Crippen molar-refractivity contribution in [2.24, 2.45) is 0 Å². The van der Waals surface area contributed by atoms with Crippen LogP contribution in [0.1, 0.15) is 22.3 Å². The van der Waals surface area contributed by atoms with Crippen LogP contribution in [0.3, 0.4) is 0 Å². The number of alkyl halides is 3. The molecule has 3 aromatic rings. The highest BCUT2D eigenvalue weighted by molar-refractivity contribution is 7.89. The van der Waals surface area contributed by atoms with Crippen LogP contribution in [-0.2, 0) is 27.5 Å². The van der Waals surface area contributed by atoms with Crippen molar-refractivity contribution in [1.29, 1.82) is 0 Å². The summed E-state index contributed by atoms with van der Waals surface area (Å²) in [7, 11) is -4.02. The Morgan fingerprint density at radius 1 is 0.848 bits per heavy atom. The molecule has 3 rings (SSSR count). The first-order valence-electron chi connectivity index (χ1n) is 10.0. The van der Waals surface area contributed by atoms with Gasteiger partial charge in [0.1, 0.15) is 0 Å². The molecule has 1 N–H and O–H groups in total. The highest BCUT2D eigenvalue weighted by Crippen LogP contribution is 2.30. The van der Waals surface area contributed by atoms with Gasteiger partial charge in [0, 0.05) is 12.2 Å². The third-order valence-corrected chi connectivity index (χ3v) is 6.76. The maximum absolute atomic E-state index is 13.3. The van der Waals surface area contributed by atoms with Gasteiger partial charge in [-0.1, -0.05) is 47.5 Å². The summed E-state index contributed by atoms with van der Waals surface area (Å²) in [5, 5.41) is 2.47. The number of anilines is 1. The summed E-state index contributed by atoms with van der Waals surface area (Å²) in [4.78, 5) is 12.7. The Morgan fingerprint density at radius 3 is 1.88 bits per heavy atom. The summed E-state index contributed by atoms with van der Waals surface area (Å²) >= 11 is 0. The van der Waals surface area contributed by atoms with Crippen molar-refractivity contribution in [2.75, 3.05) is 11.9 Å². The first-order valence-corrected chi connectivity index (χ1v) is 11.5. The van der Waals surface area contributed by atoms with E-state index in [9.17, 15) is 26.4 Å². The SMILES string of the molecule is Cc1ccc(CN(CC(=O)Nc2ccc(C(F)(F)F)cc2)S(=O)(=O)c2ccc(C)cc2)cc1. The Balaban J connectivity index is 1.83. The van der Waals surface area contributed by atoms with Gasteiger partial charge in [-0.05, 0) is 55.8 Å². The van der Waals surface area contributed by atoms with Gasteiger partial charge in [-0.25, -0.2) is 8.42 Å². The van der Waals surface area contributed by atoms with Crippen LogP contribution in [0.2, 0.25) is 0 Å². The van der Waals surface area contributed by atoms with E-state index in [1.807, 2.05) is 26.0 Å². The van der Waals surface area contributed by atoms with Crippen molar-refractivity contribution in [3.8, 4) is 0 Å². The largest absolute Gasteiger partial charge is 0.416 e. The summed E-state index contributed by atoms with van der Waals surface area (Å²) in [6.07, 6.45) is -4.49. The Hall–Kier alpha value is -3.17. The monoisotopic (exact) mass is 476 g/mol. The van der Waals surface area contributed by atoms with Crippen molar-refractivity contribution in [3.63, 3.8) is 0 Å². The zero-order chi connectivity index (χ0) is 24.2. The van der Waals surface area contributed by atoms with Crippen molar-refractivity contribution in [1.82, 2.24) is 4.31 Å². The van der Waals surface area contributed by atoms with E-state index in [2.05, 4.69) is 5.32 Å². The second kappa shape index (κ2) is 9.76. The molecule has 0 bridgehead atoms. The van der Waals surface area contributed by atoms with Crippen molar-refractivity contribution >= 4 is 21.6 Å². The number of rotatable bonds is 7. The molecule has 5 nitrogen and oxygen atoms in total. The van der Waals surface area contributed by atoms with E-state index in [0.29, 0.717) is 5.56 Å². The number of halogens is 3. The van der Waals surface area contributed by atoms with Gasteiger partial charge >= 0.3 is 6.18 Å². The number of carbonyl (C=O) groups excluding carboxylic acids is 1. The number of hydrogen-bond acceptors (Lipinski definition) is 3. The van der Waals surface area contributed by atoms with Crippen LogP contribution < -0.4 is 5.32 Å². The topological polar surface area (TPSA) is 66.5 Å². The number of hydrogen-bond donors (Lipinski definition) is 1. The maximum Gasteiger partial charge on any atom is 0.416 e. The minimum Gasteiger partial charge on any atom is -0.325 e. The number of benzene rings is 3. The van der Waals surface area contributed by atoms with E-state index >= 15 is 0 Å². The lowest BCUT2D eigenvalue weighted by Gasteiger charge is -2.22. The van der Waals surface area contributed by atoms with Crippen molar-refractivity contribution in [2.45, 2.75) is 31.5 Å². The molecule has 33 heavy (non-hydrogen) atoms. The fraction of sp³-hybridized carbons (Fsp3) is 0.208. The number of amides is 1. The molecule has 0 heterocycles. The van der Waals surface area contributed by atoms with E-state index in [-0.39, 0.29) is 17.1 Å². The van der Waals surface area contributed by atoms with Gasteiger partial charge in [-0.15, -0.1) is 0 Å². The third-order valence-electron chi connectivity index (χ3n) is 4.95. The van der Waals surface area contributed by atoms with E-state index in [1.54, 1.807) is 24.3 Å². The van der Waals surface area contributed by atoms with E-state index in [4.69, 9.17) is 0 Å². The van der Waals surface area contributed by atoms with Crippen LogP contribution in [0.5, 0.6) is 0 Å². The lowest BCUT2D eigenvalue weighted by Crippen LogP contribution is -2.37. The van der Waals surface area contributed by atoms with Crippen molar-refractivity contribution in [3.05, 3.63) is 95.1 Å². The number of aryl methyl sites for hydroxylation is 2. The minimum atomic E-state index is -4.49. The molecule has 0 saturated carbocycles. The standard InChI is InChI=1S/C24H23F3N2O3S/c1-17-3-7-19(8-4-17)15-29(33(31,32)22-13-5-18(2)6-14-22)16-23(30)28-21-11-9-20(10-12-21)24(25,26)27/h3-14H,15-16H2,1-2H3,(H,28,30). The summed E-state index contributed by atoms with van der Waals surface area (Å²) in [6.45, 7) is 3.18. The number of carbonyl (C=O) groups is 1. The molecule has 174 valence electrons. The molecule has 0 aliphatic rings. The van der Waals surface area contributed by atoms with Gasteiger partial charge in [-0.3, -0.25) is 4.79 Å². The molecular formula is C24H23F3N2O3S.